The first-order chi connectivity index (χ1) is 7.40. The number of amides is 1. The van der Waals surface area contributed by atoms with Crippen LogP contribution in [0, 0.1) is 0 Å². The monoisotopic (exact) mass is 238 g/mol. The summed E-state index contributed by atoms with van der Waals surface area (Å²) in [7, 11) is 1.20. The minimum absolute atomic E-state index is 0.449. The number of carbonyl (C=O) groups excluding carboxylic acids is 1. The highest BCUT2D eigenvalue weighted by Crippen LogP contribution is 2.17. The fourth-order valence-corrected chi connectivity index (χ4v) is 1.85. The Hall–Kier alpha value is -0.780. The van der Waals surface area contributed by atoms with Crippen LogP contribution in [0.5, 0.6) is 0 Å². The molecule has 0 aromatic rings. The van der Waals surface area contributed by atoms with Crippen LogP contribution in [0.15, 0.2) is 0 Å². The summed E-state index contributed by atoms with van der Waals surface area (Å²) in [5.41, 5.74) is 0. The molecule has 0 bridgehead atoms. The molecule has 1 saturated heterocycles. The summed E-state index contributed by atoms with van der Waals surface area (Å²) in [6.07, 6.45) is -0.800. The summed E-state index contributed by atoms with van der Waals surface area (Å²) in [4.78, 5) is 12.4. The molecule has 0 spiro atoms. The molecule has 6 heteroatoms. The first-order valence-corrected chi connectivity index (χ1v) is 5.45. The van der Waals surface area contributed by atoms with Crippen LogP contribution in [0.1, 0.15) is 25.7 Å². The van der Waals surface area contributed by atoms with E-state index >= 15 is 0 Å². The van der Waals surface area contributed by atoms with Gasteiger partial charge in [0.05, 0.1) is 6.04 Å². The highest BCUT2D eigenvalue weighted by atomic mass is 19.4. The van der Waals surface area contributed by atoms with E-state index in [9.17, 15) is 18.0 Å². The third-order valence-electron chi connectivity index (χ3n) is 2.65. The van der Waals surface area contributed by atoms with E-state index in [1.165, 1.54) is 7.05 Å². The second kappa shape index (κ2) is 5.52. The molecule has 0 aliphatic carbocycles. The zero-order chi connectivity index (χ0) is 12.2. The van der Waals surface area contributed by atoms with Crippen molar-refractivity contribution in [2.45, 2.75) is 37.9 Å². The first kappa shape index (κ1) is 13.3. The number of nitrogens with zero attached hydrogens (tertiary/aromatic N) is 1. The molecule has 0 radical (unpaired) electrons. The van der Waals surface area contributed by atoms with Gasteiger partial charge in [-0.15, -0.1) is 0 Å². The number of halogens is 3. The lowest BCUT2D eigenvalue weighted by atomic mass is 10.1. The zero-order valence-electron chi connectivity index (χ0n) is 9.31. The SMILES string of the molecule is CN(CC(F)(F)F)C(=O)C1CCCCCN1. The molecule has 1 fully saturated rings. The van der Waals surface area contributed by atoms with Crippen LogP contribution >= 0.6 is 0 Å². The molecule has 0 aromatic carbocycles. The number of carbonyl (C=O) groups is 1. The maximum absolute atomic E-state index is 12.1. The Morgan fingerprint density at radius 2 is 2.06 bits per heavy atom. The Bertz CT molecular complexity index is 235. The lowest BCUT2D eigenvalue weighted by Crippen LogP contribution is -2.47. The number of alkyl halides is 3. The van der Waals surface area contributed by atoms with Gasteiger partial charge in [0.2, 0.25) is 5.91 Å². The highest BCUT2D eigenvalue weighted by molar-refractivity contribution is 5.81. The smallest absolute Gasteiger partial charge is 0.335 e. The molecular formula is C10H17F3N2O. The van der Waals surface area contributed by atoms with Crippen LogP contribution in [0.3, 0.4) is 0 Å². The van der Waals surface area contributed by atoms with E-state index in [1.54, 1.807) is 0 Å². The van der Waals surface area contributed by atoms with Gasteiger partial charge in [0.1, 0.15) is 6.54 Å². The number of likely N-dealkylation sites (N-methyl/N-ethyl adjacent to an activating group) is 1. The van der Waals surface area contributed by atoms with Gasteiger partial charge in [-0.2, -0.15) is 13.2 Å². The van der Waals surface area contributed by atoms with Crippen molar-refractivity contribution in [1.82, 2.24) is 10.2 Å². The molecule has 1 aliphatic rings. The van der Waals surface area contributed by atoms with Crippen molar-refractivity contribution < 1.29 is 18.0 Å². The van der Waals surface area contributed by atoms with Gasteiger partial charge >= 0.3 is 6.18 Å². The largest absolute Gasteiger partial charge is 0.406 e. The molecule has 1 heterocycles. The Kier molecular flexibility index (Phi) is 4.58. The maximum atomic E-state index is 12.1. The Balaban J connectivity index is 2.48. The summed E-state index contributed by atoms with van der Waals surface area (Å²) in [6, 6.07) is -0.449. The molecule has 1 atom stereocenters. The van der Waals surface area contributed by atoms with Crippen LogP contribution in [0.4, 0.5) is 13.2 Å². The standard InChI is InChI=1S/C10H17F3N2O/c1-15(7-10(11,12)13)9(16)8-5-3-2-4-6-14-8/h8,14H,2-7H2,1H3. The number of nitrogens with one attached hydrogen (secondary N) is 1. The van der Waals surface area contributed by atoms with Gasteiger partial charge in [0.15, 0.2) is 0 Å². The number of rotatable bonds is 2. The van der Waals surface area contributed by atoms with Gasteiger partial charge in [-0.05, 0) is 19.4 Å². The lowest BCUT2D eigenvalue weighted by molar-refractivity contribution is -0.159. The van der Waals surface area contributed by atoms with Crippen molar-refractivity contribution in [3.63, 3.8) is 0 Å². The predicted octanol–water partition coefficient (Wildman–Crippen LogP) is 1.54. The van der Waals surface area contributed by atoms with Crippen LogP contribution in [-0.2, 0) is 4.79 Å². The molecule has 3 nitrogen and oxygen atoms in total. The van der Waals surface area contributed by atoms with Crippen LogP contribution in [0.2, 0.25) is 0 Å². The molecule has 1 N–H and O–H groups in total. The van der Waals surface area contributed by atoms with Gasteiger partial charge in [-0.25, -0.2) is 0 Å². The molecular weight excluding hydrogens is 221 g/mol. The molecule has 16 heavy (non-hydrogen) atoms. The molecule has 1 aliphatic heterocycles. The van der Waals surface area contributed by atoms with Gasteiger partial charge in [-0.1, -0.05) is 12.8 Å². The summed E-state index contributed by atoms with van der Waals surface area (Å²) in [5, 5.41) is 2.99. The van der Waals surface area contributed by atoms with E-state index in [4.69, 9.17) is 0 Å². The minimum Gasteiger partial charge on any atom is -0.335 e. The third kappa shape index (κ3) is 4.38. The topological polar surface area (TPSA) is 32.3 Å². The molecule has 1 unspecified atom stereocenters. The second-order valence-electron chi connectivity index (χ2n) is 4.17. The van der Waals surface area contributed by atoms with E-state index in [0.717, 1.165) is 24.2 Å². The fourth-order valence-electron chi connectivity index (χ4n) is 1.85. The van der Waals surface area contributed by atoms with Crippen molar-refractivity contribution in [2.75, 3.05) is 20.1 Å². The highest BCUT2D eigenvalue weighted by Gasteiger charge is 2.33. The van der Waals surface area contributed by atoms with E-state index in [-0.39, 0.29) is 0 Å². The van der Waals surface area contributed by atoms with Crippen LogP contribution < -0.4 is 5.32 Å². The Labute approximate surface area is 93.0 Å². The number of hydrogen-bond donors (Lipinski definition) is 1. The van der Waals surface area contributed by atoms with E-state index in [0.29, 0.717) is 13.0 Å². The van der Waals surface area contributed by atoms with E-state index in [2.05, 4.69) is 5.32 Å². The molecule has 1 amide bonds. The molecule has 1 rings (SSSR count). The summed E-state index contributed by atoms with van der Waals surface area (Å²) >= 11 is 0. The van der Waals surface area contributed by atoms with Crippen molar-refractivity contribution in [3.8, 4) is 0 Å². The summed E-state index contributed by atoms with van der Waals surface area (Å²) in [6.45, 7) is -0.472. The van der Waals surface area contributed by atoms with Gasteiger partial charge in [0, 0.05) is 7.05 Å². The van der Waals surface area contributed by atoms with Gasteiger partial charge in [0.25, 0.3) is 0 Å². The average Bonchev–Trinajstić information content (AvgIpc) is 2.41. The van der Waals surface area contributed by atoms with E-state index < -0.39 is 24.7 Å². The fraction of sp³-hybridized carbons (Fsp3) is 0.900. The lowest BCUT2D eigenvalue weighted by Gasteiger charge is -2.24. The summed E-state index contributed by atoms with van der Waals surface area (Å²) < 4.78 is 36.3. The molecule has 0 aromatic heterocycles. The van der Waals surface area contributed by atoms with Crippen molar-refractivity contribution in [2.24, 2.45) is 0 Å². The van der Waals surface area contributed by atoms with Crippen molar-refractivity contribution >= 4 is 5.91 Å². The maximum Gasteiger partial charge on any atom is 0.406 e. The Morgan fingerprint density at radius 3 is 2.69 bits per heavy atom. The van der Waals surface area contributed by atoms with E-state index in [1.807, 2.05) is 0 Å². The third-order valence-corrected chi connectivity index (χ3v) is 2.65. The minimum atomic E-state index is -4.32. The van der Waals surface area contributed by atoms with Crippen LogP contribution in [-0.4, -0.2) is 43.2 Å². The van der Waals surface area contributed by atoms with Gasteiger partial charge < -0.3 is 10.2 Å². The Morgan fingerprint density at radius 1 is 1.38 bits per heavy atom. The van der Waals surface area contributed by atoms with Crippen LogP contribution in [0.25, 0.3) is 0 Å². The second-order valence-corrected chi connectivity index (χ2v) is 4.17. The average molecular weight is 238 g/mol. The first-order valence-electron chi connectivity index (χ1n) is 5.45. The number of hydrogen-bond acceptors (Lipinski definition) is 2. The summed E-state index contributed by atoms with van der Waals surface area (Å²) in [5.74, 6) is -0.459. The quantitative estimate of drug-likeness (QED) is 0.791. The molecule has 0 saturated carbocycles. The molecule has 94 valence electrons. The predicted molar refractivity (Wildman–Crippen MR) is 54.0 cm³/mol. The van der Waals surface area contributed by atoms with Gasteiger partial charge in [-0.3, -0.25) is 4.79 Å². The normalized spacial score (nSPS) is 22.6. The van der Waals surface area contributed by atoms with Crippen molar-refractivity contribution in [3.05, 3.63) is 0 Å². The zero-order valence-corrected chi connectivity index (χ0v) is 9.31. The van der Waals surface area contributed by atoms with Crippen molar-refractivity contribution in [1.29, 1.82) is 0 Å².